The average Bonchev–Trinajstić information content (AvgIpc) is 1.98. The first-order chi connectivity index (χ1) is 5.77. The predicted molar refractivity (Wildman–Crippen MR) is 47.6 cm³/mol. The number of aliphatic carboxylic acids is 1. The second-order valence-electron chi connectivity index (χ2n) is 3.12. The molecule has 0 aliphatic heterocycles. The van der Waals surface area contributed by atoms with Gasteiger partial charge in [0.25, 0.3) is 0 Å². The second kappa shape index (κ2) is 4.22. The van der Waals surface area contributed by atoms with Gasteiger partial charge >= 0.3 is 13.6 Å². The molecule has 0 aliphatic carbocycles. The van der Waals surface area contributed by atoms with Crippen molar-refractivity contribution in [1.82, 2.24) is 0 Å². The van der Waals surface area contributed by atoms with Gasteiger partial charge in [-0.25, -0.2) is 0 Å². The predicted octanol–water partition coefficient (Wildman–Crippen LogP) is 1.06. The molecule has 0 amide bonds. The van der Waals surface area contributed by atoms with Crippen LogP contribution in [0.3, 0.4) is 0 Å². The maximum Gasteiger partial charge on any atom is 0.326 e. The molecule has 3 N–H and O–H groups in total. The van der Waals surface area contributed by atoms with Gasteiger partial charge in [0, 0.05) is 0 Å². The minimum atomic E-state index is -4.26. The smallest absolute Gasteiger partial charge is 0.326 e. The summed E-state index contributed by atoms with van der Waals surface area (Å²) in [6.45, 7) is 3.24. The molecule has 0 unspecified atom stereocenters. The lowest BCUT2D eigenvalue weighted by Crippen LogP contribution is -2.33. The Balaban J connectivity index is 4.79. The molecular weight excluding hydrogens is 195 g/mol. The number of rotatable bonds is 5. The van der Waals surface area contributed by atoms with Gasteiger partial charge < -0.3 is 14.9 Å². The second-order valence-corrected chi connectivity index (χ2v) is 4.76. The van der Waals surface area contributed by atoms with Crippen LogP contribution in [0.5, 0.6) is 0 Å². The van der Waals surface area contributed by atoms with Crippen LogP contribution >= 0.6 is 7.60 Å². The molecule has 6 heteroatoms. The van der Waals surface area contributed by atoms with Gasteiger partial charge in [0.2, 0.25) is 0 Å². The quantitative estimate of drug-likeness (QED) is 0.589. The maximum absolute atomic E-state index is 10.8. The van der Waals surface area contributed by atoms with E-state index in [9.17, 15) is 9.36 Å². The van der Waals surface area contributed by atoms with Crippen LogP contribution in [0.2, 0.25) is 0 Å². The zero-order valence-electron chi connectivity index (χ0n) is 7.73. The number of hydrogen-bond acceptors (Lipinski definition) is 2. The topological polar surface area (TPSA) is 94.8 Å². The van der Waals surface area contributed by atoms with Gasteiger partial charge in [-0.3, -0.25) is 9.36 Å². The molecule has 0 aliphatic rings. The van der Waals surface area contributed by atoms with E-state index in [4.69, 9.17) is 14.9 Å². The van der Waals surface area contributed by atoms with E-state index in [0.29, 0.717) is 0 Å². The largest absolute Gasteiger partial charge is 0.481 e. The number of carboxylic acids is 1. The van der Waals surface area contributed by atoms with Crippen LogP contribution in [0.25, 0.3) is 0 Å². The Morgan fingerprint density at radius 2 is 1.69 bits per heavy atom. The summed E-state index contributed by atoms with van der Waals surface area (Å²) in [5, 5.41) is 8.84. The Morgan fingerprint density at radius 3 is 1.77 bits per heavy atom. The summed E-state index contributed by atoms with van der Waals surface area (Å²) in [5.74, 6) is -1.14. The molecule has 0 fully saturated rings. The lowest BCUT2D eigenvalue weighted by atomic mass is 9.85. The van der Waals surface area contributed by atoms with Gasteiger partial charge in [-0.05, 0) is 12.8 Å². The highest BCUT2D eigenvalue weighted by atomic mass is 31.2. The highest BCUT2D eigenvalue weighted by Gasteiger charge is 2.40. The lowest BCUT2D eigenvalue weighted by Gasteiger charge is -2.26. The van der Waals surface area contributed by atoms with Crippen LogP contribution < -0.4 is 0 Å². The van der Waals surface area contributed by atoms with E-state index in [-0.39, 0.29) is 12.8 Å². The molecule has 0 aromatic heterocycles. The van der Waals surface area contributed by atoms with Gasteiger partial charge in [-0.1, -0.05) is 13.8 Å². The molecule has 0 saturated heterocycles. The standard InChI is InChI=1S/C7H15O5P/c1-3-7(4-2,6(8)9)5-13(10,11)12/h3-5H2,1-2H3,(H,8,9)(H2,10,11,12). The normalized spacial score (nSPS) is 12.9. The van der Waals surface area contributed by atoms with Gasteiger partial charge in [-0.2, -0.15) is 0 Å². The van der Waals surface area contributed by atoms with Crippen molar-refractivity contribution in [3.63, 3.8) is 0 Å². The molecule has 0 bridgehead atoms. The van der Waals surface area contributed by atoms with E-state index >= 15 is 0 Å². The summed E-state index contributed by atoms with van der Waals surface area (Å²) in [5.41, 5.74) is -1.28. The van der Waals surface area contributed by atoms with Crippen molar-refractivity contribution in [1.29, 1.82) is 0 Å². The van der Waals surface area contributed by atoms with Crippen molar-refractivity contribution in [2.45, 2.75) is 26.7 Å². The molecule has 0 atom stereocenters. The van der Waals surface area contributed by atoms with Crippen molar-refractivity contribution in [3.8, 4) is 0 Å². The number of hydrogen-bond donors (Lipinski definition) is 3. The molecular formula is C7H15O5P. The third-order valence-corrected chi connectivity index (χ3v) is 3.33. The summed E-state index contributed by atoms with van der Waals surface area (Å²) < 4.78 is 10.7. The molecule has 0 aromatic rings. The SMILES string of the molecule is CCC(CC)(CP(=O)(O)O)C(=O)O. The van der Waals surface area contributed by atoms with Gasteiger partial charge in [0.1, 0.15) is 0 Å². The van der Waals surface area contributed by atoms with Crippen LogP contribution in [0, 0.1) is 5.41 Å². The van der Waals surface area contributed by atoms with Crippen molar-refractivity contribution in [3.05, 3.63) is 0 Å². The van der Waals surface area contributed by atoms with Gasteiger partial charge in [-0.15, -0.1) is 0 Å². The summed E-state index contributed by atoms with van der Waals surface area (Å²) in [6, 6.07) is 0. The lowest BCUT2D eigenvalue weighted by molar-refractivity contribution is -0.148. The van der Waals surface area contributed by atoms with E-state index in [0.717, 1.165) is 0 Å². The van der Waals surface area contributed by atoms with E-state index in [1.807, 2.05) is 0 Å². The molecule has 0 rings (SSSR count). The summed E-state index contributed by atoms with van der Waals surface area (Å²) >= 11 is 0. The number of carbonyl (C=O) groups is 1. The third-order valence-electron chi connectivity index (χ3n) is 2.32. The minimum Gasteiger partial charge on any atom is -0.481 e. The summed E-state index contributed by atoms with van der Waals surface area (Å²) in [6.07, 6.45) is -0.129. The van der Waals surface area contributed by atoms with Crippen LogP contribution in [0.15, 0.2) is 0 Å². The summed E-state index contributed by atoms with van der Waals surface area (Å²) in [4.78, 5) is 28.2. The molecule has 0 spiro atoms. The number of carboxylic acid groups (broad SMARTS) is 1. The molecule has 0 aromatic carbocycles. The molecule has 0 heterocycles. The molecule has 78 valence electrons. The Labute approximate surface area is 76.9 Å². The molecule has 5 nitrogen and oxygen atoms in total. The zero-order valence-corrected chi connectivity index (χ0v) is 8.62. The zero-order chi connectivity index (χ0) is 10.7. The van der Waals surface area contributed by atoms with E-state index in [1.54, 1.807) is 13.8 Å². The molecule has 0 radical (unpaired) electrons. The van der Waals surface area contributed by atoms with E-state index in [2.05, 4.69) is 0 Å². The van der Waals surface area contributed by atoms with E-state index < -0.39 is 25.1 Å². The van der Waals surface area contributed by atoms with Crippen molar-refractivity contribution < 1.29 is 24.3 Å². The highest BCUT2D eigenvalue weighted by Crippen LogP contribution is 2.45. The van der Waals surface area contributed by atoms with Crippen LogP contribution in [0.1, 0.15) is 26.7 Å². The monoisotopic (exact) mass is 210 g/mol. The molecule has 0 saturated carbocycles. The molecule has 13 heavy (non-hydrogen) atoms. The fraction of sp³-hybridized carbons (Fsp3) is 0.857. The first-order valence-corrected chi connectivity index (χ1v) is 5.85. The average molecular weight is 210 g/mol. The van der Waals surface area contributed by atoms with Crippen molar-refractivity contribution in [2.24, 2.45) is 5.41 Å². The minimum absolute atomic E-state index is 0.226. The Morgan fingerprint density at radius 1 is 1.31 bits per heavy atom. The van der Waals surface area contributed by atoms with Crippen LogP contribution in [-0.4, -0.2) is 27.0 Å². The highest BCUT2D eigenvalue weighted by molar-refractivity contribution is 7.51. The van der Waals surface area contributed by atoms with Crippen molar-refractivity contribution in [2.75, 3.05) is 6.16 Å². The fourth-order valence-electron chi connectivity index (χ4n) is 1.24. The third kappa shape index (κ3) is 3.46. The Hall–Kier alpha value is -0.380. The fourth-order valence-corrected chi connectivity index (χ4v) is 2.61. The first kappa shape index (κ1) is 12.6. The summed E-state index contributed by atoms with van der Waals surface area (Å²) in [7, 11) is -4.26. The Bertz CT molecular complexity index is 227. The van der Waals surface area contributed by atoms with Gasteiger partial charge in [0.15, 0.2) is 0 Å². The van der Waals surface area contributed by atoms with E-state index in [1.165, 1.54) is 0 Å². The maximum atomic E-state index is 10.8. The van der Waals surface area contributed by atoms with Crippen LogP contribution in [0.4, 0.5) is 0 Å². The van der Waals surface area contributed by atoms with Crippen LogP contribution in [-0.2, 0) is 9.36 Å². The Kier molecular flexibility index (Phi) is 4.10. The first-order valence-electron chi connectivity index (χ1n) is 4.05. The van der Waals surface area contributed by atoms with Crippen molar-refractivity contribution >= 4 is 13.6 Å². The van der Waals surface area contributed by atoms with Gasteiger partial charge in [0.05, 0.1) is 11.6 Å².